The Labute approximate surface area is 158 Å². The van der Waals surface area contributed by atoms with Gasteiger partial charge in [0.25, 0.3) is 5.79 Å². The number of hydrogen-bond donors (Lipinski definition) is 0. The fourth-order valence-corrected chi connectivity index (χ4v) is 3.87. The van der Waals surface area contributed by atoms with Crippen molar-refractivity contribution in [3.8, 4) is 5.69 Å². The molecule has 148 valence electrons. The molecular formula is C19H17F3N2O4. The van der Waals surface area contributed by atoms with Crippen molar-refractivity contribution in [3.05, 3.63) is 47.3 Å². The van der Waals surface area contributed by atoms with Gasteiger partial charge in [-0.05, 0) is 25.3 Å². The third-order valence-corrected chi connectivity index (χ3v) is 5.29. The first kappa shape index (κ1) is 18.5. The van der Waals surface area contributed by atoms with E-state index in [0.29, 0.717) is 25.7 Å². The van der Waals surface area contributed by atoms with Crippen LogP contribution in [0, 0.1) is 24.4 Å². The summed E-state index contributed by atoms with van der Waals surface area (Å²) >= 11 is 0. The minimum atomic E-state index is -1.83. The lowest BCUT2D eigenvalue weighted by atomic mass is 9.89. The largest absolute Gasteiger partial charge is 0.422 e. The van der Waals surface area contributed by atoms with Crippen molar-refractivity contribution in [2.45, 2.75) is 50.7 Å². The summed E-state index contributed by atoms with van der Waals surface area (Å²) in [4.78, 5) is 29.0. The Kier molecular flexibility index (Phi) is 4.40. The molecule has 1 aliphatic carbocycles. The van der Waals surface area contributed by atoms with Crippen LogP contribution in [0.25, 0.3) is 5.69 Å². The molecule has 28 heavy (non-hydrogen) atoms. The van der Waals surface area contributed by atoms with Crippen LogP contribution in [0.15, 0.2) is 18.7 Å². The van der Waals surface area contributed by atoms with Crippen LogP contribution in [0.1, 0.15) is 49.1 Å². The van der Waals surface area contributed by atoms with E-state index in [0.717, 1.165) is 24.2 Å². The third kappa shape index (κ3) is 2.76. The maximum Gasteiger partial charge on any atom is 0.328 e. The predicted octanol–water partition coefficient (Wildman–Crippen LogP) is 3.44. The molecule has 0 N–H and O–H groups in total. The van der Waals surface area contributed by atoms with Crippen LogP contribution in [0.3, 0.4) is 0 Å². The van der Waals surface area contributed by atoms with Crippen molar-refractivity contribution < 1.29 is 32.2 Å². The van der Waals surface area contributed by atoms with E-state index in [1.807, 2.05) is 0 Å². The lowest BCUT2D eigenvalue weighted by molar-refractivity contribution is -0.256. The first-order valence-corrected chi connectivity index (χ1v) is 8.95. The average molecular weight is 394 g/mol. The molecule has 4 rings (SSSR count). The van der Waals surface area contributed by atoms with Crippen LogP contribution in [-0.2, 0) is 19.1 Å². The summed E-state index contributed by atoms with van der Waals surface area (Å²) in [5.41, 5.74) is -1.85. The van der Waals surface area contributed by atoms with Crippen molar-refractivity contribution in [2.24, 2.45) is 0 Å². The molecule has 0 radical (unpaired) electrons. The Hall–Kier alpha value is -2.84. The van der Waals surface area contributed by atoms with Crippen LogP contribution in [0.2, 0.25) is 0 Å². The first-order valence-electron chi connectivity index (χ1n) is 8.95. The van der Waals surface area contributed by atoms with Gasteiger partial charge in [-0.3, -0.25) is 9.59 Å². The topological polar surface area (TPSA) is 70.4 Å². The summed E-state index contributed by atoms with van der Waals surface area (Å²) < 4.78 is 55.8. The fraction of sp³-hybridized carbons (Fsp3) is 0.421. The van der Waals surface area contributed by atoms with Gasteiger partial charge in [0.15, 0.2) is 23.4 Å². The molecule has 1 saturated carbocycles. The molecule has 1 aromatic heterocycles. The number of imidazole rings is 1. The molecule has 0 bridgehead atoms. The summed E-state index contributed by atoms with van der Waals surface area (Å²) in [6, 6.07) is 0. The summed E-state index contributed by atoms with van der Waals surface area (Å²) in [6.07, 6.45) is 6.62. The van der Waals surface area contributed by atoms with Crippen molar-refractivity contribution in [2.75, 3.05) is 0 Å². The van der Waals surface area contributed by atoms with Gasteiger partial charge in [0.2, 0.25) is 0 Å². The van der Waals surface area contributed by atoms with Gasteiger partial charge in [-0.2, -0.15) is 0 Å². The molecule has 2 aliphatic rings. The molecule has 0 unspecified atom stereocenters. The SMILES string of the molecule is Cc1c(F)c(F)c(-n2ccnc2)c(F)c1C1C(=O)OC2(CCCCC2)OC1=O. The second-order valence-electron chi connectivity index (χ2n) is 7.05. The highest BCUT2D eigenvalue weighted by molar-refractivity contribution is 6.03. The monoisotopic (exact) mass is 394 g/mol. The molecule has 9 heteroatoms. The standard InChI is InChI=1S/C19H17F3N2O4/c1-10-11(14(21)16(15(22)13(10)20)24-8-7-23-9-24)12-17(25)27-19(28-18(12)26)5-3-2-4-6-19/h7-9,12H,2-6H2,1H3. The lowest BCUT2D eigenvalue weighted by Crippen LogP contribution is -2.50. The zero-order chi connectivity index (χ0) is 20.1. The highest BCUT2D eigenvalue weighted by Crippen LogP contribution is 2.42. The maximum atomic E-state index is 15.2. The maximum absolute atomic E-state index is 15.2. The smallest absolute Gasteiger partial charge is 0.328 e. The van der Waals surface area contributed by atoms with Gasteiger partial charge >= 0.3 is 11.9 Å². The number of esters is 2. The molecule has 1 spiro atoms. The zero-order valence-corrected chi connectivity index (χ0v) is 15.0. The van der Waals surface area contributed by atoms with E-state index in [2.05, 4.69) is 4.98 Å². The first-order chi connectivity index (χ1) is 13.3. The van der Waals surface area contributed by atoms with Crippen LogP contribution < -0.4 is 0 Å². The molecule has 1 aliphatic heterocycles. The van der Waals surface area contributed by atoms with E-state index in [4.69, 9.17) is 9.47 Å². The summed E-state index contributed by atoms with van der Waals surface area (Å²) in [5, 5.41) is 0. The van der Waals surface area contributed by atoms with Crippen molar-refractivity contribution in [1.82, 2.24) is 9.55 Å². The van der Waals surface area contributed by atoms with Gasteiger partial charge in [-0.15, -0.1) is 0 Å². The van der Waals surface area contributed by atoms with Gasteiger partial charge in [0.05, 0.1) is 6.33 Å². The van der Waals surface area contributed by atoms with Crippen LogP contribution >= 0.6 is 0 Å². The molecule has 2 heterocycles. The summed E-state index contributed by atoms with van der Waals surface area (Å²) in [6.45, 7) is 1.10. The van der Waals surface area contributed by atoms with Gasteiger partial charge in [-0.25, -0.2) is 18.2 Å². The predicted molar refractivity (Wildman–Crippen MR) is 88.9 cm³/mol. The van der Waals surface area contributed by atoms with Crippen LogP contribution in [-0.4, -0.2) is 27.3 Å². The normalized spacial score (nSPS) is 19.6. The highest BCUT2D eigenvalue weighted by Gasteiger charge is 2.51. The van der Waals surface area contributed by atoms with Crippen molar-refractivity contribution in [3.63, 3.8) is 0 Å². The van der Waals surface area contributed by atoms with Gasteiger partial charge in [-0.1, -0.05) is 6.42 Å². The summed E-state index contributed by atoms with van der Waals surface area (Å²) in [5.74, 6) is -9.28. The fourth-order valence-electron chi connectivity index (χ4n) is 3.87. The molecular weight excluding hydrogens is 377 g/mol. The number of nitrogens with zero attached hydrogens (tertiary/aromatic N) is 2. The second kappa shape index (κ2) is 6.65. The van der Waals surface area contributed by atoms with E-state index in [-0.39, 0.29) is 0 Å². The third-order valence-electron chi connectivity index (χ3n) is 5.29. The molecule has 2 aromatic rings. The van der Waals surface area contributed by atoms with E-state index >= 15 is 4.39 Å². The highest BCUT2D eigenvalue weighted by atomic mass is 19.2. The van der Waals surface area contributed by atoms with Crippen LogP contribution in [0.4, 0.5) is 13.2 Å². The Morgan fingerprint density at radius 2 is 1.68 bits per heavy atom. The van der Waals surface area contributed by atoms with E-state index in [9.17, 15) is 18.4 Å². The number of ether oxygens (including phenoxy) is 2. The molecule has 0 atom stereocenters. The number of carbonyl (C=O) groups is 2. The van der Waals surface area contributed by atoms with E-state index < -0.39 is 57.9 Å². The lowest BCUT2D eigenvalue weighted by Gasteiger charge is -2.40. The molecule has 2 fully saturated rings. The van der Waals surface area contributed by atoms with Crippen molar-refractivity contribution >= 4 is 11.9 Å². The van der Waals surface area contributed by atoms with Crippen molar-refractivity contribution in [1.29, 1.82) is 0 Å². The number of rotatable bonds is 2. The minimum Gasteiger partial charge on any atom is -0.422 e. The Morgan fingerprint density at radius 1 is 1.04 bits per heavy atom. The number of halogens is 3. The van der Waals surface area contributed by atoms with Gasteiger partial charge in [0, 0.05) is 30.8 Å². The molecule has 1 saturated heterocycles. The van der Waals surface area contributed by atoms with Gasteiger partial charge < -0.3 is 14.0 Å². The van der Waals surface area contributed by atoms with Gasteiger partial charge in [0.1, 0.15) is 5.69 Å². The number of carbonyl (C=O) groups excluding carboxylic acids is 2. The zero-order valence-electron chi connectivity index (χ0n) is 15.0. The molecule has 6 nitrogen and oxygen atoms in total. The van der Waals surface area contributed by atoms with E-state index in [1.165, 1.54) is 12.4 Å². The Morgan fingerprint density at radius 3 is 2.25 bits per heavy atom. The number of hydrogen-bond acceptors (Lipinski definition) is 5. The molecule has 0 amide bonds. The Bertz CT molecular complexity index is 933. The number of aromatic nitrogens is 2. The Balaban J connectivity index is 1.81. The average Bonchev–Trinajstić information content (AvgIpc) is 3.17. The van der Waals surface area contributed by atoms with Crippen LogP contribution in [0.5, 0.6) is 0 Å². The minimum absolute atomic E-state index is 0.358. The number of benzene rings is 1. The van der Waals surface area contributed by atoms with E-state index in [1.54, 1.807) is 0 Å². The quantitative estimate of drug-likeness (QED) is 0.443. The summed E-state index contributed by atoms with van der Waals surface area (Å²) in [7, 11) is 0. The second-order valence-corrected chi connectivity index (χ2v) is 7.05. The molecule has 1 aromatic carbocycles.